The first-order chi connectivity index (χ1) is 17.0. The lowest BCUT2D eigenvalue weighted by Crippen LogP contribution is -2.58. The molecule has 5 unspecified atom stereocenters. The molecule has 0 bridgehead atoms. The SMILES string of the molecule is CC(C)CC(NC(=O)C(CCCCN)NC(=O)C(N)C(C)O)C(=O)NC(Cc1ccccc1)C(=O)O. The predicted molar refractivity (Wildman–Crippen MR) is 136 cm³/mol. The molecule has 11 nitrogen and oxygen atoms in total. The van der Waals surface area contributed by atoms with E-state index >= 15 is 0 Å². The molecule has 9 N–H and O–H groups in total. The largest absolute Gasteiger partial charge is 0.480 e. The quantitative estimate of drug-likeness (QED) is 0.147. The van der Waals surface area contributed by atoms with Crippen molar-refractivity contribution in [2.45, 2.75) is 83.1 Å². The van der Waals surface area contributed by atoms with Crippen LogP contribution in [0.25, 0.3) is 0 Å². The van der Waals surface area contributed by atoms with E-state index in [-0.39, 0.29) is 25.2 Å². The van der Waals surface area contributed by atoms with Crippen molar-refractivity contribution in [3.63, 3.8) is 0 Å². The fraction of sp³-hybridized carbons (Fsp3) is 0.600. The molecule has 0 saturated heterocycles. The second-order valence-electron chi connectivity index (χ2n) is 9.39. The van der Waals surface area contributed by atoms with Crippen molar-refractivity contribution in [3.05, 3.63) is 35.9 Å². The number of nitrogens with two attached hydrogens (primary N) is 2. The first-order valence-electron chi connectivity index (χ1n) is 12.3. The number of unbranched alkanes of at least 4 members (excludes halogenated alkanes) is 1. The highest BCUT2D eigenvalue weighted by molar-refractivity contribution is 5.94. The van der Waals surface area contributed by atoms with Crippen molar-refractivity contribution in [1.29, 1.82) is 0 Å². The number of hydrogen-bond donors (Lipinski definition) is 7. The summed E-state index contributed by atoms with van der Waals surface area (Å²) in [4.78, 5) is 50.4. The van der Waals surface area contributed by atoms with Crippen LogP contribution >= 0.6 is 0 Å². The Labute approximate surface area is 212 Å². The number of nitrogens with one attached hydrogen (secondary N) is 3. The van der Waals surface area contributed by atoms with Crippen molar-refractivity contribution >= 4 is 23.7 Å². The number of carbonyl (C=O) groups excluding carboxylic acids is 3. The number of aliphatic hydroxyl groups excluding tert-OH is 1. The number of aliphatic carboxylic acids is 1. The summed E-state index contributed by atoms with van der Waals surface area (Å²) in [7, 11) is 0. The summed E-state index contributed by atoms with van der Waals surface area (Å²) in [6.07, 6.45) is 0.638. The molecule has 1 aromatic carbocycles. The van der Waals surface area contributed by atoms with Gasteiger partial charge in [-0.25, -0.2) is 4.79 Å². The van der Waals surface area contributed by atoms with Crippen LogP contribution in [0.3, 0.4) is 0 Å². The van der Waals surface area contributed by atoms with Gasteiger partial charge < -0.3 is 37.6 Å². The van der Waals surface area contributed by atoms with E-state index in [1.165, 1.54) is 6.92 Å². The summed E-state index contributed by atoms with van der Waals surface area (Å²) >= 11 is 0. The fourth-order valence-electron chi connectivity index (χ4n) is 3.55. The minimum Gasteiger partial charge on any atom is -0.480 e. The lowest BCUT2D eigenvalue weighted by atomic mass is 10.0. The third kappa shape index (κ3) is 11.1. The number of carboxylic acid groups (broad SMARTS) is 1. The molecule has 202 valence electrons. The second kappa shape index (κ2) is 15.9. The molecule has 5 atom stereocenters. The van der Waals surface area contributed by atoms with Crippen LogP contribution in [0.15, 0.2) is 30.3 Å². The molecular formula is C25H41N5O6. The zero-order valence-electron chi connectivity index (χ0n) is 21.3. The Balaban J connectivity index is 3.00. The predicted octanol–water partition coefficient (Wildman–Crippen LogP) is -0.349. The fourth-order valence-corrected chi connectivity index (χ4v) is 3.55. The summed E-state index contributed by atoms with van der Waals surface area (Å²) in [6.45, 7) is 5.51. The molecule has 3 amide bonds. The van der Waals surface area contributed by atoms with Crippen LogP contribution in [0, 0.1) is 5.92 Å². The molecule has 0 saturated carbocycles. The molecule has 0 spiro atoms. The van der Waals surface area contributed by atoms with Crippen LogP contribution in [0.5, 0.6) is 0 Å². The van der Waals surface area contributed by atoms with Gasteiger partial charge in [-0.05, 0) is 50.6 Å². The standard InChI is InChI=1S/C25H41N5O6/c1-15(2)13-19(23(33)30-20(25(35)36)14-17-9-5-4-6-10-17)29-22(32)18(11-7-8-12-26)28-24(34)21(27)16(3)31/h4-6,9-10,15-16,18-21,31H,7-8,11-14,26-27H2,1-3H3,(H,28,34)(H,29,32)(H,30,33)(H,35,36). The first-order valence-corrected chi connectivity index (χ1v) is 12.3. The Morgan fingerprint density at radius 1 is 0.861 bits per heavy atom. The lowest BCUT2D eigenvalue weighted by Gasteiger charge is -2.26. The molecule has 36 heavy (non-hydrogen) atoms. The van der Waals surface area contributed by atoms with Crippen LogP contribution < -0.4 is 27.4 Å². The van der Waals surface area contributed by atoms with Crippen LogP contribution in [0.1, 0.15) is 52.0 Å². The lowest BCUT2D eigenvalue weighted by molar-refractivity contribution is -0.142. The van der Waals surface area contributed by atoms with Gasteiger partial charge in [0.2, 0.25) is 17.7 Å². The minimum atomic E-state index is -1.22. The van der Waals surface area contributed by atoms with Crippen LogP contribution in [-0.2, 0) is 25.6 Å². The van der Waals surface area contributed by atoms with Crippen LogP contribution in [-0.4, -0.2) is 70.7 Å². The summed E-state index contributed by atoms with van der Waals surface area (Å²) in [5.41, 5.74) is 12.0. The Hall–Kier alpha value is -3.02. The Morgan fingerprint density at radius 3 is 1.94 bits per heavy atom. The highest BCUT2D eigenvalue weighted by Gasteiger charge is 2.31. The van der Waals surface area contributed by atoms with E-state index in [2.05, 4.69) is 16.0 Å². The first kappa shape index (κ1) is 31.0. The zero-order valence-corrected chi connectivity index (χ0v) is 21.3. The molecule has 0 fully saturated rings. The summed E-state index contributed by atoms with van der Waals surface area (Å²) < 4.78 is 0. The topological polar surface area (TPSA) is 197 Å². The molecule has 0 aromatic heterocycles. The number of rotatable bonds is 16. The monoisotopic (exact) mass is 507 g/mol. The Bertz CT molecular complexity index is 849. The average molecular weight is 508 g/mol. The van der Waals surface area contributed by atoms with Crippen molar-refractivity contribution in [2.24, 2.45) is 17.4 Å². The summed E-state index contributed by atoms with van der Waals surface area (Å²) in [6, 6.07) is 4.47. The third-order valence-electron chi connectivity index (χ3n) is 5.64. The zero-order chi connectivity index (χ0) is 27.3. The van der Waals surface area contributed by atoms with E-state index in [4.69, 9.17) is 11.5 Å². The van der Waals surface area contributed by atoms with E-state index in [0.717, 1.165) is 5.56 Å². The van der Waals surface area contributed by atoms with E-state index in [9.17, 15) is 29.4 Å². The molecule has 0 aliphatic carbocycles. The molecule has 1 aromatic rings. The highest BCUT2D eigenvalue weighted by atomic mass is 16.4. The highest BCUT2D eigenvalue weighted by Crippen LogP contribution is 2.10. The maximum absolute atomic E-state index is 13.1. The smallest absolute Gasteiger partial charge is 0.326 e. The molecular weight excluding hydrogens is 466 g/mol. The van der Waals surface area contributed by atoms with Crippen molar-refractivity contribution < 1.29 is 29.4 Å². The number of aliphatic hydroxyl groups is 1. The van der Waals surface area contributed by atoms with Gasteiger partial charge in [0.25, 0.3) is 0 Å². The van der Waals surface area contributed by atoms with E-state index in [0.29, 0.717) is 19.4 Å². The van der Waals surface area contributed by atoms with E-state index in [1.807, 2.05) is 19.9 Å². The van der Waals surface area contributed by atoms with E-state index in [1.54, 1.807) is 24.3 Å². The van der Waals surface area contributed by atoms with Gasteiger partial charge in [0, 0.05) is 6.42 Å². The maximum atomic E-state index is 13.1. The van der Waals surface area contributed by atoms with Gasteiger partial charge in [0.15, 0.2) is 0 Å². The molecule has 11 heteroatoms. The van der Waals surface area contributed by atoms with Gasteiger partial charge >= 0.3 is 5.97 Å². The van der Waals surface area contributed by atoms with Gasteiger partial charge in [-0.15, -0.1) is 0 Å². The van der Waals surface area contributed by atoms with Gasteiger partial charge in [0.1, 0.15) is 24.2 Å². The normalized spacial score (nSPS) is 15.3. The number of benzene rings is 1. The van der Waals surface area contributed by atoms with Gasteiger partial charge in [0.05, 0.1) is 6.10 Å². The van der Waals surface area contributed by atoms with Crippen LogP contribution in [0.4, 0.5) is 0 Å². The third-order valence-corrected chi connectivity index (χ3v) is 5.64. The molecule has 0 aliphatic heterocycles. The van der Waals surface area contributed by atoms with Gasteiger partial charge in [-0.2, -0.15) is 0 Å². The number of carbonyl (C=O) groups is 4. The summed E-state index contributed by atoms with van der Waals surface area (Å²) in [5.74, 6) is -3.12. The average Bonchev–Trinajstić information content (AvgIpc) is 2.82. The summed E-state index contributed by atoms with van der Waals surface area (Å²) in [5, 5.41) is 27.0. The van der Waals surface area contributed by atoms with Gasteiger partial charge in [-0.1, -0.05) is 44.2 Å². The van der Waals surface area contributed by atoms with Crippen molar-refractivity contribution in [2.75, 3.05) is 6.54 Å². The van der Waals surface area contributed by atoms with Crippen molar-refractivity contribution in [3.8, 4) is 0 Å². The number of amides is 3. The maximum Gasteiger partial charge on any atom is 0.326 e. The Kier molecular flexibility index (Phi) is 13.7. The molecule has 0 heterocycles. The van der Waals surface area contributed by atoms with E-state index < -0.39 is 54.0 Å². The second-order valence-corrected chi connectivity index (χ2v) is 9.39. The molecule has 0 radical (unpaired) electrons. The van der Waals surface area contributed by atoms with Gasteiger partial charge in [-0.3, -0.25) is 14.4 Å². The number of hydrogen-bond acceptors (Lipinski definition) is 7. The number of carboxylic acids is 1. The van der Waals surface area contributed by atoms with Crippen LogP contribution in [0.2, 0.25) is 0 Å². The Morgan fingerprint density at radius 2 is 1.42 bits per heavy atom. The minimum absolute atomic E-state index is 0.00685. The molecule has 1 rings (SSSR count). The van der Waals surface area contributed by atoms with Crippen molar-refractivity contribution in [1.82, 2.24) is 16.0 Å². The molecule has 0 aliphatic rings.